The summed E-state index contributed by atoms with van der Waals surface area (Å²) >= 11 is 0. The molecule has 1 aromatic carbocycles. The van der Waals surface area contributed by atoms with Crippen LogP contribution in [-0.2, 0) is 0 Å². The third kappa shape index (κ3) is 3.07. The van der Waals surface area contributed by atoms with E-state index in [9.17, 15) is 4.39 Å². The maximum atomic E-state index is 14.1. The molecule has 0 aliphatic heterocycles. The Morgan fingerprint density at radius 1 is 1.35 bits per heavy atom. The summed E-state index contributed by atoms with van der Waals surface area (Å²) in [5, 5.41) is 0. The molecule has 0 spiro atoms. The second kappa shape index (κ2) is 6.42. The fourth-order valence-electron chi connectivity index (χ4n) is 2.86. The topological polar surface area (TPSA) is 69.4 Å². The van der Waals surface area contributed by atoms with Crippen molar-refractivity contribution in [2.45, 2.75) is 19.3 Å². The molecule has 0 radical (unpaired) electrons. The molecule has 3 rings (SSSR count). The number of methoxy groups -OCH3 is 1. The highest BCUT2D eigenvalue weighted by Gasteiger charge is 2.42. The van der Waals surface area contributed by atoms with Gasteiger partial charge in [-0.15, -0.1) is 0 Å². The van der Waals surface area contributed by atoms with Crippen molar-refractivity contribution in [3.63, 3.8) is 0 Å². The van der Waals surface area contributed by atoms with E-state index in [0.29, 0.717) is 23.7 Å². The normalized spacial score (nSPS) is 19.3. The lowest BCUT2D eigenvalue weighted by molar-refractivity contribution is 0.294. The summed E-state index contributed by atoms with van der Waals surface area (Å²) in [4.78, 5) is 4.11. The monoisotopic (exact) mass is 317 g/mol. The Hall–Kier alpha value is -2.34. The molecule has 2 aromatic rings. The van der Waals surface area contributed by atoms with Gasteiger partial charge in [0.1, 0.15) is 23.1 Å². The smallest absolute Gasteiger partial charge is 0.146 e. The van der Waals surface area contributed by atoms with Crippen molar-refractivity contribution >= 4 is 5.82 Å². The van der Waals surface area contributed by atoms with Crippen molar-refractivity contribution in [3.8, 4) is 11.5 Å². The minimum atomic E-state index is -0.216. The fraction of sp³-hybridized carbons (Fsp3) is 0.353. The van der Waals surface area contributed by atoms with Crippen LogP contribution < -0.4 is 20.7 Å². The van der Waals surface area contributed by atoms with Crippen LogP contribution in [0.2, 0.25) is 0 Å². The number of ether oxygens (including phenoxy) is 2. The van der Waals surface area contributed by atoms with Gasteiger partial charge in [-0.05, 0) is 37.5 Å². The molecule has 6 heteroatoms. The highest BCUT2D eigenvalue weighted by atomic mass is 19.1. The number of aromatic nitrogens is 1. The standard InChI is InChI=1S/C17H20FN3O2/c1-10-14(6-7-20-17(10)21-19)23-9-11-8-12(11)16-13(18)4-3-5-15(16)22-2/h3-7,11-12H,8-9,19H2,1-2H3,(H,20,21)/t11-,12+/m1/s1. The minimum absolute atomic E-state index is 0.139. The van der Waals surface area contributed by atoms with E-state index in [4.69, 9.17) is 15.3 Å². The number of pyridine rings is 1. The molecule has 1 aliphatic carbocycles. The van der Waals surface area contributed by atoms with Crippen LogP contribution in [0.3, 0.4) is 0 Å². The number of anilines is 1. The number of hydrazine groups is 1. The highest BCUT2D eigenvalue weighted by Crippen LogP contribution is 2.51. The number of nitrogens with two attached hydrogens (primary N) is 1. The number of rotatable bonds is 6. The minimum Gasteiger partial charge on any atom is -0.496 e. The van der Waals surface area contributed by atoms with Gasteiger partial charge in [-0.1, -0.05) is 6.07 Å². The molecule has 122 valence electrons. The zero-order valence-corrected chi connectivity index (χ0v) is 13.2. The summed E-state index contributed by atoms with van der Waals surface area (Å²) in [5.41, 5.74) is 4.05. The first kappa shape index (κ1) is 15.6. The Labute approximate surface area is 134 Å². The SMILES string of the molecule is COc1cccc(F)c1[C@H]1C[C@@H]1COc1ccnc(NN)c1C. The Bertz CT molecular complexity index is 708. The molecule has 1 heterocycles. The molecule has 0 amide bonds. The molecule has 1 aliphatic rings. The van der Waals surface area contributed by atoms with Crippen LogP contribution in [0.15, 0.2) is 30.5 Å². The van der Waals surface area contributed by atoms with Crippen molar-refractivity contribution in [3.05, 3.63) is 47.4 Å². The van der Waals surface area contributed by atoms with Gasteiger partial charge in [0.25, 0.3) is 0 Å². The highest BCUT2D eigenvalue weighted by molar-refractivity contribution is 5.49. The second-order valence-corrected chi connectivity index (χ2v) is 5.70. The van der Waals surface area contributed by atoms with Gasteiger partial charge in [-0.3, -0.25) is 0 Å². The number of benzene rings is 1. The molecule has 1 fully saturated rings. The maximum Gasteiger partial charge on any atom is 0.146 e. The summed E-state index contributed by atoms with van der Waals surface area (Å²) < 4.78 is 25.2. The summed E-state index contributed by atoms with van der Waals surface area (Å²) in [6.45, 7) is 2.42. The first-order valence-corrected chi connectivity index (χ1v) is 7.53. The Kier molecular flexibility index (Phi) is 4.34. The largest absolute Gasteiger partial charge is 0.496 e. The maximum absolute atomic E-state index is 14.1. The number of halogens is 1. The van der Waals surface area contributed by atoms with Crippen LogP contribution in [-0.4, -0.2) is 18.7 Å². The van der Waals surface area contributed by atoms with Crippen LogP contribution in [0.1, 0.15) is 23.5 Å². The van der Waals surface area contributed by atoms with Gasteiger partial charge >= 0.3 is 0 Å². The number of nitrogens with one attached hydrogen (secondary N) is 1. The van der Waals surface area contributed by atoms with Gasteiger partial charge in [0.2, 0.25) is 0 Å². The van der Waals surface area contributed by atoms with Crippen LogP contribution in [0.4, 0.5) is 10.2 Å². The average Bonchev–Trinajstić information content (AvgIpc) is 3.32. The lowest BCUT2D eigenvalue weighted by Crippen LogP contribution is -2.11. The van der Waals surface area contributed by atoms with Crippen molar-refractivity contribution in [1.29, 1.82) is 0 Å². The Balaban J connectivity index is 1.67. The Morgan fingerprint density at radius 3 is 2.91 bits per heavy atom. The van der Waals surface area contributed by atoms with E-state index in [1.165, 1.54) is 6.07 Å². The lowest BCUT2D eigenvalue weighted by atomic mass is 10.1. The number of hydrogen-bond donors (Lipinski definition) is 2. The zero-order chi connectivity index (χ0) is 16.4. The molecular weight excluding hydrogens is 297 g/mol. The summed E-state index contributed by atoms with van der Waals surface area (Å²) in [6.07, 6.45) is 2.53. The molecule has 0 bridgehead atoms. The van der Waals surface area contributed by atoms with Gasteiger partial charge in [0, 0.05) is 23.2 Å². The van der Waals surface area contributed by atoms with E-state index in [1.807, 2.05) is 6.92 Å². The van der Waals surface area contributed by atoms with E-state index in [0.717, 1.165) is 17.7 Å². The third-order valence-electron chi connectivity index (χ3n) is 4.27. The van der Waals surface area contributed by atoms with Gasteiger partial charge in [-0.25, -0.2) is 15.2 Å². The summed E-state index contributed by atoms with van der Waals surface area (Å²) in [5.74, 6) is 7.54. The first-order chi connectivity index (χ1) is 11.2. The van der Waals surface area contributed by atoms with Gasteiger partial charge in [0.15, 0.2) is 0 Å². The van der Waals surface area contributed by atoms with E-state index >= 15 is 0 Å². The van der Waals surface area contributed by atoms with Gasteiger partial charge in [-0.2, -0.15) is 0 Å². The van der Waals surface area contributed by atoms with Crippen molar-refractivity contribution in [2.24, 2.45) is 11.8 Å². The van der Waals surface area contributed by atoms with Gasteiger partial charge in [0.05, 0.1) is 13.7 Å². The van der Waals surface area contributed by atoms with E-state index < -0.39 is 0 Å². The molecule has 1 saturated carbocycles. The molecule has 1 aromatic heterocycles. The quantitative estimate of drug-likeness (QED) is 0.633. The predicted molar refractivity (Wildman–Crippen MR) is 86.1 cm³/mol. The molecule has 3 N–H and O–H groups in total. The van der Waals surface area contributed by atoms with Crippen LogP contribution in [0, 0.1) is 18.7 Å². The number of nitrogens with zero attached hydrogens (tertiary/aromatic N) is 1. The van der Waals surface area contributed by atoms with E-state index in [-0.39, 0.29) is 17.7 Å². The summed E-state index contributed by atoms with van der Waals surface area (Å²) in [6, 6.07) is 6.73. The lowest BCUT2D eigenvalue weighted by Gasteiger charge is -2.12. The number of nitrogen functional groups attached to an aromatic ring is 1. The van der Waals surface area contributed by atoms with Crippen LogP contribution in [0.5, 0.6) is 11.5 Å². The van der Waals surface area contributed by atoms with E-state index in [2.05, 4.69) is 10.4 Å². The average molecular weight is 317 g/mol. The summed E-state index contributed by atoms with van der Waals surface area (Å²) in [7, 11) is 1.56. The molecule has 23 heavy (non-hydrogen) atoms. The zero-order valence-electron chi connectivity index (χ0n) is 13.2. The predicted octanol–water partition coefficient (Wildman–Crippen LogP) is 3.01. The molecule has 5 nitrogen and oxygen atoms in total. The number of hydrogen-bond acceptors (Lipinski definition) is 5. The van der Waals surface area contributed by atoms with Gasteiger partial charge < -0.3 is 14.9 Å². The molecule has 0 unspecified atom stereocenters. The van der Waals surface area contributed by atoms with Crippen LogP contribution >= 0.6 is 0 Å². The van der Waals surface area contributed by atoms with Crippen LogP contribution in [0.25, 0.3) is 0 Å². The second-order valence-electron chi connectivity index (χ2n) is 5.70. The molecule has 2 atom stereocenters. The molecule has 0 saturated heterocycles. The third-order valence-corrected chi connectivity index (χ3v) is 4.27. The fourth-order valence-corrected chi connectivity index (χ4v) is 2.86. The first-order valence-electron chi connectivity index (χ1n) is 7.53. The molecular formula is C17H20FN3O2. The van der Waals surface area contributed by atoms with Crippen molar-refractivity contribution in [1.82, 2.24) is 4.98 Å². The van der Waals surface area contributed by atoms with E-state index in [1.54, 1.807) is 31.5 Å². The van der Waals surface area contributed by atoms with Crippen molar-refractivity contribution < 1.29 is 13.9 Å². The Morgan fingerprint density at radius 2 is 2.17 bits per heavy atom. The van der Waals surface area contributed by atoms with Crippen molar-refractivity contribution in [2.75, 3.05) is 19.1 Å².